The number of nitrogens with one attached hydrogen (secondary N) is 2. The monoisotopic (exact) mass is 418 g/mol. The fourth-order valence-electron chi connectivity index (χ4n) is 2.13. The first-order valence-corrected chi connectivity index (χ1v) is 9.81. The molecule has 2 amide bonds. The lowest BCUT2D eigenvalue weighted by Gasteiger charge is -2.05. The van der Waals surface area contributed by atoms with E-state index in [2.05, 4.69) is 20.8 Å². The zero-order chi connectivity index (χ0) is 19.9. The van der Waals surface area contributed by atoms with Crippen molar-refractivity contribution in [2.24, 2.45) is 0 Å². The summed E-state index contributed by atoms with van der Waals surface area (Å²) in [6.45, 7) is 0. The standard InChI is InChI=1S/C18H15FN4O3S2/c1-26-12-8-6-11(7-9-12)20-15(24)10-27-18-23-22-17(28-18)21-16(25)13-4-2-3-5-14(13)19/h2-9H,10H2,1H3,(H,20,24)(H,21,22,25). The number of anilines is 2. The molecule has 0 saturated heterocycles. The lowest BCUT2D eigenvalue weighted by Crippen LogP contribution is -2.13. The van der Waals surface area contributed by atoms with Crippen LogP contribution in [0.1, 0.15) is 10.4 Å². The molecule has 0 aliphatic rings. The van der Waals surface area contributed by atoms with E-state index in [0.29, 0.717) is 15.8 Å². The first-order chi connectivity index (χ1) is 13.5. The van der Waals surface area contributed by atoms with Gasteiger partial charge in [-0.1, -0.05) is 35.2 Å². The number of thioether (sulfide) groups is 1. The maximum atomic E-state index is 13.6. The van der Waals surface area contributed by atoms with E-state index in [-0.39, 0.29) is 22.4 Å². The van der Waals surface area contributed by atoms with Gasteiger partial charge in [-0.05, 0) is 36.4 Å². The van der Waals surface area contributed by atoms with Crippen LogP contribution in [0.15, 0.2) is 52.9 Å². The number of ether oxygens (including phenoxy) is 1. The van der Waals surface area contributed by atoms with E-state index in [9.17, 15) is 14.0 Å². The van der Waals surface area contributed by atoms with Gasteiger partial charge in [0.2, 0.25) is 11.0 Å². The van der Waals surface area contributed by atoms with Crippen LogP contribution in [0, 0.1) is 5.82 Å². The number of halogens is 1. The Morgan fingerprint density at radius 2 is 1.86 bits per heavy atom. The maximum absolute atomic E-state index is 13.6. The summed E-state index contributed by atoms with van der Waals surface area (Å²) in [5.74, 6) is -0.604. The molecule has 2 N–H and O–H groups in total. The van der Waals surface area contributed by atoms with Gasteiger partial charge in [0.1, 0.15) is 11.6 Å². The van der Waals surface area contributed by atoms with E-state index in [4.69, 9.17) is 4.74 Å². The summed E-state index contributed by atoms with van der Waals surface area (Å²) in [7, 11) is 1.57. The highest BCUT2D eigenvalue weighted by molar-refractivity contribution is 8.01. The van der Waals surface area contributed by atoms with Crippen LogP contribution in [0.2, 0.25) is 0 Å². The molecule has 0 unspecified atom stereocenters. The Bertz CT molecular complexity index is 979. The fraction of sp³-hybridized carbons (Fsp3) is 0.111. The number of rotatable bonds is 7. The van der Waals surface area contributed by atoms with Gasteiger partial charge in [0.25, 0.3) is 5.91 Å². The third-order valence-electron chi connectivity index (χ3n) is 3.45. The third kappa shape index (κ3) is 5.27. The molecule has 0 saturated carbocycles. The van der Waals surface area contributed by atoms with Gasteiger partial charge in [0.05, 0.1) is 18.4 Å². The first-order valence-electron chi connectivity index (χ1n) is 8.01. The van der Waals surface area contributed by atoms with Crippen molar-refractivity contribution in [3.8, 4) is 5.75 Å². The molecule has 1 heterocycles. The molecule has 1 aromatic heterocycles. The number of hydrogen-bond acceptors (Lipinski definition) is 7. The average molecular weight is 418 g/mol. The Labute approximate surface area is 168 Å². The number of amides is 2. The number of hydrogen-bond donors (Lipinski definition) is 2. The summed E-state index contributed by atoms with van der Waals surface area (Å²) in [5.41, 5.74) is 0.576. The fourth-order valence-corrected chi connectivity index (χ4v) is 3.67. The van der Waals surface area contributed by atoms with Crippen molar-refractivity contribution in [2.45, 2.75) is 4.34 Å². The number of methoxy groups -OCH3 is 1. The second-order valence-electron chi connectivity index (χ2n) is 5.37. The minimum Gasteiger partial charge on any atom is -0.497 e. The molecule has 0 aliphatic carbocycles. The van der Waals surface area contributed by atoms with Gasteiger partial charge in [0, 0.05) is 5.69 Å². The average Bonchev–Trinajstić information content (AvgIpc) is 3.14. The lowest BCUT2D eigenvalue weighted by atomic mass is 10.2. The summed E-state index contributed by atoms with van der Waals surface area (Å²) < 4.78 is 19.2. The highest BCUT2D eigenvalue weighted by Crippen LogP contribution is 2.26. The molecule has 3 rings (SSSR count). The van der Waals surface area contributed by atoms with E-state index in [1.807, 2.05) is 0 Å². The van der Waals surface area contributed by atoms with Gasteiger partial charge < -0.3 is 10.1 Å². The molecular formula is C18H15FN4O3S2. The smallest absolute Gasteiger partial charge is 0.260 e. The number of aromatic nitrogens is 2. The van der Waals surface area contributed by atoms with Crippen LogP contribution in [0.3, 0.4) is 0 Å². The Balaban J connectivity index is 1.50. The SMILES string of the molecule is COc1ccc(NC(=O)CSc2nnc(NC(=O)c3ccccc3F)s2)cc1. The van der Waals surface area contributed by atoms with Crippen molar-refractivity contribution in [3.63, 3.8) is 0 Å². The third-order valence-corrected chi connectivity index (χ3v) is 5.42. The van der Waals surface area contributed by atoms with Crippen molar-refractivity contribution in [3.05, 3.63) is 59.9 Å². The van der Waals surface area contributed by atoms with Crippen LogP contribution in [-0.2, 0) is 4.79 Å². The second-order valence-corrected chi connectivity index (χ2v) is 7.57. The summed E-state index contributed by atoms with van der Waals surface area (Å²) in [6, 6.07) is 12.6. The molecule has 2 aromatic carbocycles. The predicted octanol–water partition coefficient (Wildman–Crippen LogP) is 3.67. The summed E-state index contributed by atoms with van der Waals surface area (Å²) in [5, 5.41) is 13.2. The Kier molecular flexibility index (Phi) is 6.56. The highest BCUT2D eigenvalue weighted by Gasteiger charge is 2.14. The number of nitrogens with zero attached hydrogens (tertiary/aromatic N) is 2. The minimum absolute atomic E-state index is 0.0780. The molecule has 0 atom stereocenters. The van der Waals surface area contributed by atoms with Crippen molar-refractivity contribution < 1.29 is 18.7 Å². The van der Waals surface area contributed by atoms with E-state index < -0.39 is 11.7 Å². The number of carbonyl (C=O) groups excluding carboxylic acids is 2. The molecule has 7 nitrogen and oxygen atoms in total. The molecule has 10 heteroatoms. The van der Waals surface area contributed by atoms with Crippen LogP contribution in [-0.4, -0.2) is 34.9 Å². The van der Waals surface area contributed by atoms with Crippen LogP contribution >= 0.6 is 23.1 Å². The molecule has 0 aliphatic heterocycles. The Morgan fingerprint density at radius 1 is 1.11 bits per heavy atom. The topological polar surface area (TPSA) is 93.2 Å². The van der Waals surface area contributed by atoms with Crippen molar-refractivity contribution >= 4 is 45.7 Å². The van der Waals surface area contributed by atoms with E-state index in [1.165, 1.54) is 30.0 Å². The minimum atomic E-state index is -0.616. The Morgan fingerprint density at radius 3 is 2.57 bits per heavy atom. The normalized spacial score (nSPS) is 10.4. The Hall–Kier alpha value is -2.98. The molecular weight excluding hydrogens is 403 g/mol. The lowest BCUT2D eigenvalue weighted by molar-refractivity contribution is -0.113. The summed E-state index contributed by atoms with van der Waals surface area (Å²) in [6.07, 6.45) is 0. The molecule has 0 spiro atoms. The predicted molar refractivity (Wildman–Crippen MR) is 107 cm³/mol. The summed E-state index contributed by atoms with van der Waals surface area (Å²) in [4.78, 5) is 24.1. The quantitative estimate of drug-likeness (QED) is 0.449. The molecule has 3 aromatic rings. The van der Waals surface area contributed by atoms with Crippen LogP contribution in [0.4, 0.5) is 15.2 Å². The van der Waals surface area contributed by atoms with Gasteiger partial charge in [-0.15, -0.1) is 10.2 Å². The van der Waals surface area contributed by atoms with Gasteiger partial charge in [-0.3, -0.25) is 14.9 Å². The first kappa shape index (κ1) is 19.8. The van der Waals surface area contributed by atoms with Gasteiger partial charge >= 0.3 is 0 Å². The largest absolute Gasteiger partial charge is 0.497 e. The second kappa shape index (κ2) is 9.29. The van der Waals surface area contributed by atoms with Crippen molar-refractivity contribution in [2.75, 3.05) is 23.5 Å². The zero-order valence-electron chi connectivity index (χ0n) is 14.6. The van der Waals surface area contributed by atoms with Crippen molar-refractivity contribution in [1.29, 1.82) is 0 Å². The van der Waals surface area contributed by atoms with E-state index in [1.54, 1.807) is 37.4 Å². The van der Waals surface area contributed by atoms with Crippen molar-refractivity contribution in [1.82, 2.24) is 10.2 Å². The van der Waals surface area contributed by atoms with E-state index in [0.717, 1.165) is 11.3 Å². The molecule has 0 radical (unpaired) electrons. The number of carbonyl (C=O) groups is 2. The molecule has 144 valence electrons. The summed E-state index contributed by atoms with van der Waals surface area (Å²) >= 11 is 2.29. The molecule has 0 fully saturated rings. The van der Waals surface area contributed by atoms with E-state index >= 15 is 0 Å². The van der Waals surface area contributed by atoms with Gasteiger partial charge in [-0.2, -0.15) is 0 Å². The molecule has 0 bridgehead atoms. The zero-order valence-corrected chi connectivity index (χ0v) is 16.3. The van der Waals surface area contributed by atoms with Gasteiger partial charge in [-0.25, -0.2) is 4.39 Å². The maximum Gasteiger partial charge on any atom is 0.260 e. The number of benzene rings is 2. The van der Waals surface area contributed by atoms with Gasteiger partial charge in [0.15, 0.2) is 4.34 Å². The van der Waals surface area contributed by atoms with Crippen LogP contribution < -0.4 is 15.4 Å². The molecule has 28 heavy (non-hydrogen) atoms. The van der Waals surface area contributed by atoms with Crippen LogP contribution in [0.5, 0.6) is 5.75 Å². The highest BCUT2D eigenvalue weighted by atomic mass is 32.2. The van der Waals surface area contributed by atoms with Crippen LogP contribution in [0.25, 0.3) is 0 Å².